The van der Waals surface area contributed by atoms with Crippen molar-refractivity contribution in [1.29, 1.82) is 0 Å². The Bertz CT molecular complexity index is 848. The Morgan fingerprint density at radius 3 is 2.50 bits per heavy atom. The summed E-state index contributed by atoms with van der Waals surface area (Å²) in [4.78, 5) is 25.4. The minimum absolute atomic E-state index is 0.0561. The fourth-order valence-electron chi connectivity index (χ4n) is 2.76. The highest BCUT2D eigenvalue weighted by Gasteiger charge is 2.30. The molecule has 0 atom stereocenters. The molecule has 8 heteroatoms. The molecule has 3 rings (SSSR count). The largest absolute Gasteiger partial charge is 0.416 e. The number of nitrogens with one attached hydrogen (secondary N) is 2. The van der Waals surface area contributed by atoms with Gasteiger partial charge in [0.15, 0.2) is 0 Å². The summed E-state index contributed by atoms with van der Waals surface area (Å²) >= 11 is 0. The predicted molar refractivity (Wildman–Crippen MR) is 90.9 cm³/mol. The zero-order valence-corrected chi connectivity index (χ0v) is 13.9. The van der Waals surface area contributed by atoms with Crippen molar-refractivity contribution >= 4 is 23.3 Å². The Morgan fingerprint density at radius 1 is 1.15 bits per heavy atom. The highest BCUT2D eigenvalue weighted by molar-refractivity contribution is 6.04. The number of carbonyl (C=O) groups excluding carboxylic acids is 2. The molecule has 0 saturated carbocycles. The molecule has 3 amide bonds. The van der Waals surface area contributed by atoms with Gasteiger partial charge in [-0.1, -0.05) is 18.2 Å². The molecule has 0 saturated heterocycles. The molecule has 2 N–H and O–H groups in total. The third kappa shape index (κ3) is 3.63. The highest BCUT2D eigenvalue weighted by Crippen LogP contribution is 2.33. The molecule has 0 fully saturated rings. The summed E-state index contributed by atoms with van der Waals surface area (Å²) in [5.41, 5.74) is 1.83. The monoisotopic (exact) mass is 363 g/mol. The van der Waals surface area contributed by atoms with Crippen LogP contribution in [-0.4, -0.2) is 19.0 Å². The number of rotatable bonds is 3. The Kier molecular flexibility index (Phi) is 4.58. The molecule has 0 aromatic heterocycles. The minimum atomic E-state index is -4.39. The van der Waals surface area contributed by atoms with Crippen molar-refractivity contribution in [1.82, 2.24) is 5.32 Å². The van der Waals surface area contributed by atoms with Crippen LogP contribution in [0.2, 0.25) is 0 Å². The van der Waals surface area contributed by atoms with Crippen LogP contribution in [0.3, 0.4) is 0 Å². The summed E-state index contributed by atoms with van der Waals surface area (Å²) in [6.07, 6.45) is -4.18. The van der Waals surface area contributed by atoms with Gasteiger partial charge in [-0.3, -0.25) is 4.79 Å². The fourth-order valence-corrected chi connectivity index (χ4v) is 2.76. The first-order chi connectivity index (χ1) is 12.3. The lowest BCUT2D eigenvalue weighted by molar-refractivity contribution is -0.137. The Labute approximate surface area is 147 Å². The van der Waals surface area contributed by atoms with Gasteiger partial charge >= 0.3 is 12.2 Å². The Hall–Kier alpha value is -3.03. The van der Waals surface area contributed by atoms with E-state index in [4.69, 9.17) is 0 Å². The molecule has 0 unspecified atom stereocenters. The van der Waals surface area contributed by atoms with Crippen molar-refractivity contribution in [3.05, 3.63) is 59.2 Å². The summed E-state index contributed by atoms with van der Waals surface area (Å²) < 4.78 is 37.6. The number of halogens is 3. The SMILES string of the molecule is CN1C(=O)Cc2c(NC(=O)NCc3ccc(C(F)(F)F)cc3)cccc21. The van der Waals surface area contributed by atoms with E-state index in [1.165, 1.54) is 17.0 Å². The zero-order valence-electron chi connectivity index (χ0n) is 13.9. The van der Waals surface area contributed by atoms with Crippen molar-refractivity contribution in [2.75, 3.05) is 17.3 Å². The van der Waals surface area contributed by atoms with E-state index >= 15 is 0 Å². The summed E-state index contributed by atoms with van der Waals surface area (Å²) in [5, 5.41) is 5.27. The molecule has 2 aromatic carbocycles. The first kappa shape index (κ1) is 17.8. The maximum absolute atomic E-state index is 12.5. The van der Waals surface area contributed by atoms with Crippen molar-refractivity contribution in [2.24, 2.45) is 0 Å². The van der Waals surface area contributed by atoms with Crippen molar-refractivity contribution in [3.8, 4) is 0 Å². The first-order valence-corrected chi connectivity index (χ1v) is 7.85. The third-order valence-electron chi connectivity index (χ3n) is 4.20. The number of alkyl halides is 3. The van der Waals surface area contributed by atoms with Gasteiger partial charge in [0.2, 0.25) is 5.91 Å². The highest BCUT2D eigenvalue weighted by atomic mass is 19.4. The number of carbonyl (C=O) groups is 2. The fraction of sp³-hybridized carbons (Fsp3) is 0.222. The van der Waals surface area contributed by atoms with Crippen LogP contribution in [0.15, 0.2) is 42.5 Å². The maximum Gasteiger partial charge on any atom is 0.416 e. The summed E-state index contributed by atoms with van der Waals surface area (Å²) in [6.45, 7) is 0.0812. The number of benzene rings is 2. The molecular weight excluding hydrogens is 347 g/mol. The lowest BCUT2D eigenvalue weighted by atomic mass is 10.1. The molecule has 136 valence electrons. The first-order valence-electron chi connectivity index (χ1n) is 7.85. The number of hydrogen-bond donors (Lipinski definition) is 2. The number of anilines is 2. The molecule has 0 aliphatic carbocycles. The van der Waals surface area contributed by atoms with Gasteiger partial charge < -0.3 is 15.5 Å². The van der Waals surface area contributed by atoms with E-state index in [2.05, 4.69) is 10.6 Å². The second-order valence-electron chi connectivity index (χ2n) is 5.94. The Morgan fingerprint density at radius 2 is 1.85 bits per heavy atom. The summed E-state index contributed by atoms with van der Waals surface area (Å²) in [6, 6.07) is 9.31. The van der Waals surface area contributed by atoms with Gasteiger partial charge in [0.1, 0.15) is 0 Å². The van der Waals surface area contributed by atoms with Gasteiger partial charge in [-0.2, -0.15) is 13.2 Å². The van der Waals surface area contributed by atoms with Crippen LogP contribution in [0.25, 0.3) is 0 Å². The van der Waals surface area contributed by atoms with Crippen LogP contribution in [0.4, 0.5) is 29.3 Å². The maximum atomic E-state index is 12.5. The van der Waals surface area contributed by atoms with Crippen molar-refractivity contribution in [2.45, 2.75) is 19.1 Å². The number of fused-ring (bicyclic) bond motifs is 1. The number of nitrogens with zero attached hydrogens (tertiary/aromatic N) is 1. The van der Waals surface area contributed by atoms with E-state index in [1.54, 1.807) is 25.2 Å². The molecule has 0 spiro atoms. The van der Waals surface area contributed by atoms with E-state index in [1.807, 2.05) is 0 Å². The van der Waals surface area contributed by atoms with E-state index in [9.17, 15) is 22.8 Å². The second-order valence-corrected chi connectivity index (χ2v) is 5.94. The average molecular weight is 363 g/mol. The van der Waals surface area contributed by atoms with Gasteiger partial charge in [-0.15, -0.1) is 0 Å². The Balaban J connectivity index is 1.62. The number of amides is 3. The van der Waals surface area contributed by atoms with Crippen LogP contribution in [0, 0.1) is 0 Å². The number of hydrogen-bond acceptors (Lipinski definition) is 2. The zero-order chi connectivity index (χ0) is 18.9. The van der Waals surface area contributed by atoms with Crippen LogP contribution >= 0.6 is 0 Å². The smallest absolute Gasteiger partial charge is 0.334 e. The lowest BCUT2D eigenvalue weighted by Crippen LogP contribution is -2.28. The van der Waals surface area contributed by atoms with Crippen molar-refractivity contribution in [3.63, 3.8) is 0 Å². The summed E-state index contributed by atoms with van der Waals surface area (Å²) in [7, 11) is 1.67. The quantitative estimate of drug-likeness (QED) is 0.876. The molecule has 1 aliphatic rings. The third-order valence-corrected chi connectivity index (χ3v) is 4.20. The minimum Gasteiger partial charge on any atom is -0.334 e. The van der Waals surface area contributed by atoms with Gasteiger partial charge in [0, 0.05) is 30.5 Å². The van der Waals surface area contributed by atoms with Crippen LogP contribution in [0.5, 0.6) is 0 Å². The van der Waals surface area contributed by atoms with E-state index in [0.717, 1.165) is 23.4 Å². The van der Waals surface area contributed by atoms with Gasteiger partial charge in [0.05, 0.1) is 12.0 Å². The molecule has 1 aliphatic heterocycles. The van der Waals surface area contributed by atoms with Crippen LogP contribution in [-0.2, 0) is 23.9 Å². The predicted octanol–water partition coefficient (Wildman–Crippen LogP) is 3.55. The molecular formula is C18H16F3N3O2. The second kappa shape index (κ2) is 6.70. The van der Waals surface area contributed by atoms with Crippen molar-refractivity contribution < 1.29 is 22.8 Å². The van der Waals surface area contributed by atoms with Gasteiger partial charge in [0.25, 0.3) is 0 Å². The number of urea groups is 1. The molecule has 0 radical (unpaired) electrons. The lowest BCUT2D eigenvalue weighted by Gasteiger charge is -2.13. The molecule has 5 nitrogen and oxygen atoms in total. The van der Waals surface area contributed by atoms with Gasteiger partial charge in [-0.25, -0.2) is 4.79 Å². The molecule has 26 heavy (non-hydrogen) atoms. The molecule has 2 aromatic rings. The molecule has 0 bridgehead atoms. The van der Waals surface area contributed by atoms with Crippen LogP contribution < -0.4 is 15.5 Å². The van der Waals surface area contributed by atoms with E-state index < -0.39 is 17.8 Å². The van der Waals surface area contributed by atoms with Crippen LogP contribution in [0.1, 0.15) is 16.7 Å². The van der Waals surface area contributed by atoms with E-state index in [0.29, 0.717) is 11.3 Å². The average Bonchev–Trinajstić information content (AvgIpc) is 2.89. The summed E-state index contributed by atoms with van der Waals surface area (Å²) in [5.74, 6) is -0.0561. The number of likely N-dealkylation sites (N-methyl/N-ethyl adjacent to an activating group) is 1. The standard InChI is InChI=1S/C18H16F3N3O2/c1-24-15-4-2-3-14(13(15)9-16(24)25)23-17(26)22-10-11-5-7-12(8-6-11)18(19,20)21/h2-8H,9-10H2,1H3,(H2,22,23,26). The topological polar surface area (TPSA) is 61.4 Å². The van der Waals surface area contributed by atoms with E-state index in [-0.39, 0.29) is 18.9 Å². The normalized spacial score (nSPS) is 13.5. The van der Waals surface area contributed by atoms with Gasteiger partial charge in [-0.05, 0) is 29.8 Å². The molecule has 1 heterocycles.